The van der Waals surface area contributed by atoms with Crippen LogP contribution in [0.5, 0.6) is 0 Å². The van der Waals surface area contributed by atoms with Gasteiger partial charge in [-0.3, -0.25) is 0 Å². The Kier molecular flexibility index (Phi) is 3.11. The van der Waals surface area contributed by atoms with Crippen molar-refractivity contribution in [3.63, 3.8) is 0 Å². The summed E-state index contributed by atoms with van der Waals surface area (Å²) >= 11 is 5.69. The van der Waals surface area contributed by atoms with Crippen LogP contribution < -0.4 is 0 Å². The minimum atomic E-state index is -4.32. The number of hydrogen-bond donors (Lipinski definition) is 0. The van der Waals surface area contributed by atoms with Gasteiger partial charge in [0.05, 0.1) is 22.8 Å². The van der Waals surface area contributed by atoms with E-state index in [1.807, 2.05) is 0 Å². The molecule has 0 fully saturated rings. The third kappa shape index (κ3) is 2.44. The van der Waals surface area contributed by atoms with Gasteiger partial charge in [-0.1, -0.05) is 0 Å². The van der Waals surface area contributed by atoms with Gasteiger partial charge >= 0.3 is 6.18 Å². The largest absolute Gasteiger partial charge is 0.416 e. The van der Waals surface area contributed by atoms with Crippen LogP contribution in [0.4, 0.5) is 13.2 Å². The fraction of sp³-hybridized carbons (Fsp3) is 0.182. The molecule has 0 saturated heterocycles. The van der Waals surface area contributed by atoms with Gasteiger partial charge in [-0.05, 0) is 30.3 Å². The number of halogens is 4. The zero-order valence-corrected chi connectivity index (χ0v) is 9.33. The lowest BCUT2D eigenvalue weighted by Crippen LogP contribution is -2.06. The van der Waals surface area contributed by atoms with Gasteiger partial charge in [0.15, 0.2) is 0 Å². The Morgan fingerprint density at radius 2 is 1.76 bits per heavy atom. The summed E-state index contributed by atoms with van der Waals surface area (Å²) in [5, 5.41) is 4.00. The third-order valence-electron chi connectivity index (χ3n) is 2.30. The molecule has 2 rings (SSSR count). The van der Waals surface area contributed by atoms with E-state index in [1.54, 1.807) is 12.3 Å². The van der Waals surface area contributed by atoms with Gasteiger partial charge in [0.2, 0.25) is 0 Å². The van der Waals surface area contributed by atoms with Gasteiger partial charge in [-0.15, -0.1) is 11.6 Å². The first-order valence-electron chi connectivity index (χ1n) is 4.79. The number of hydrogen-bond acceptors (Lipinski definition) is 1. The fourth-order valence-electron chi connectivity index (χ4n) is 1.46. The molecule has 17 heavy (non-hydrogen) atoms. The Labute approximate surface area is 101 Å². The van der Waals surface area contributed by atoms with Crippen LogP contribution in [0.2, 0.25) is 0 Å². The predicted molar refractivity (Wildman–Crippen MR) is 58.1 cm³/mol. The molecule has 0 unspecified atom stereocenters. The second-order valence-electron chi connectivity index (χ2n) is 3.41. The normalized spacial score (nSPS) is 11.8. The van der Waals surface area contributed by atoms with E-state index in [2.05, 4.69) is 5.10 Å². The molecule has 0 amide bonds. The Hall–Kier alpha value is -1.49. The SMILES string of the molecule is FC(F)(F)c1ccc(-n2nccc2CCl)cc1. The monoisotopic (exact) mass is 260 g/mol. The van der Waals surface area contributed by atoms with Crippen LogP contribution in [0.1, 0.15) is 11.3 Å². The van der Waals surface area contributed by atoms with E-state index >= 15 is 0 Å². The smallest absolute Gasteiger partial charge is 0.237 e. The van der Waals surface area contributed by atoms with Crippen LogP contribution in [0.15, 0.2) is 36.5 Å². The summed E-state index contributed by atoms with van der Waals surface area (Å²) in [7, 11) is 0. The lowest BCUT2D eigenvalue weighted by Gasteiger charge is -2.09. The third-order valence-corrected chi connectivity index (χ3v) is 2.57. The first-order chi connectivity index (χ1) is 8.02. The fourth-order valence-corrected chi connectivity index (χ4v) is 1.66. The summed E-state index contributed by atoms with van der Waals surface area (Å²) in [6, 6.07) is 6.49. The molecule has 1 heterocycles. The van der Waals surface area contributed by atoms with E-state index in [4.69, 9.17) is 11.6 Å². The summed E-state index contributed by atoms with van der Waals surface area (Å²) in [5.74, 6) is 0.251. The molecule has 6 heteroatoms. The molecule has 0 bridgehead atoms. The molecule has 0 aliphatic rings. The van der Waals surface area contributed by atoms with Crippen molar-refractivity contribution < 1.29 is 13.2 Å². The molecule has 1 aromatic carbocycles. The van der Waals surface area contributed by atoms with E-state index in [9.17, 15) is 13.2 Å². The topological polar surface area (TPSA) is 17.8 Å². The summed E-state index contributed by atoms with van der Waals surface area (Å²) in [6.07, 6.45) is -2.77. The summed E-state index contributed by atoms with van der Waals surface area (Å²) in [6.45, 7) is 0. The van der Waals surface area contributed by atoms with Crippen molar-refractivity contribution in [3.05, 3.63) is 47.8 Å². The van der Waals surface area contributed by atoms with Crippen molar-refractivity contribution >= 4 is 11.6 Å². The average Bonchev–Trinajstić information content (AvgIpc) is 2.76. The van der Waals surface area contributed by atoms with Gasteiger partial charge in [0.25, 0.3) is 0 Å². The molecule has 0 aliphatic carbocycles. The van der Waals surface area contributed by atoms with Gasteiger partial charge in [-0.25, -0.2) is 4.68 Å². The molecular formula is C11H8ClF3N2. The highest BCUT2D eigenvalue weighted by molar-refractivity contribution is 6.16. The minimum Gasteiger partial charge on any atom is -0.237 e. The van der Waals surface area contributed by atoms with Gasteiger partial charge in [-0.2, -0.15) is 18.3 Å². The van der Waals surface area contributed by atoms with Crippen molar-refractivity contribution in [2.24, 2.45) is 0 Å². The Morgan fingerprint density at radius 3 is 2.29 bits per heavy atom. The van der Waals surface area contributed by atoms with Gasteiger partial charge in [0.1, 0.15) is 0 Å². The average molecular weight is 261 g/mol. The lowest BCUT2D eigenvalue weighted by molar-refractivity contribution is -0.137. The van der Waals surface area contributed by atoms with Crippen molar-refractivity contribution in [3.8, 4) is 5.69 Å². The van der Waals surface area contributed by atoms with Crippen molar-refractivity contribution in [2.75, 3.05) is 0 Å². The number of alkyl halides is 4. The first-order valence-corrected chi connectivity index (χ1v) is 5.32. The quantitative estimate of drug-likeness (QED) is 0.754. The van der Waals surface area contributed by atoms with Crippen LogP contribution in [0.25, 0.3) is 5.69 Å². The maximum Gasteiger partial charge on any atom is 0.416 e. The second-order valence-corrected chi connectivity index (χ2v) is 3.68. The Balaban J connectivity index is 2.36. The highest BCUT2D eigenvalue weighted by Crippen LogP contribution is 2.29. The molecule has 1 aromatic heterocycles. The second kappa shape index (κ2) is 4.41. The molecule has 2 aromatic rings. The number of rotatable bonds is 2. The molecule has 0 N–H and O–H groups in total. The van der Waals surface area contributed by atoms with E-state index in [0.29, 0.717) is 5.69 Å². The highest BCUT2D eigenvalue weighted by Gasteiger charge is 2.30. The number of benzene rings is 1. The molecule has 2 nitrogen and oxygen atoms in total. The van der Waals surface area contributed by atoms with Crippen LogP contribution in [0.3, 0.4) is 0 Å². The zero-order valence-electron chi connectivity index (χ0n) is 8.58. The predicted octanol–water partition coefficient (Wildman–Crippen LogP) is 3.63. The zero-order chi connectivity index (χ0) is 12.5. The molecule has 0 radical (unpaired) electrons. The summed E-state index contributed by atoms with van der Waals surface area (Å²) in [5.41, 5.74) is 0.603. The molecule has 0 atom stereocenters. The highest BCUT2D eigenvalue weighted by atomic mass is 35.5. The summed E-state index contributed by atoms with van der Waals surface area (Å²) < 4.78 is 38.6. The molecule has 0 saturated carbocycles. The number of aromatic nitrogens is 2. The van der Waals surface area contributed by atoms with E-state index in [0.717, 1.165) is 17.8 Å². The van der Waals surface area contributed by atoms with Crippen molar-refractivity contribution in [2.45, 2.75) is 12.1 Å². The van der Waals surface area contributed by atoms with Gasteiger partial charge in [0, 0.05) is 6.20 Å². The molecule has 90 valence electrons. The standard InChI is InChI=1S/C11H8ClF3N2/c12-7-10-5-6-16-17(10)9-3-1-8(2-4-9)11(13,14)15/h1-6H,7H2. The molecule has 0 aliphatic heterocycles. The van der Waals surface area contributed by atoms with Crippen LogP contribution >= 0.6 is 11.6 Å². The van der Waals surface area contributed by atoms with Crippen LogP contribution in [-0.4, -0.2) is 9.78 Å². The minimum absolute atomic E-state index is 0.251. The number of nitrogens with zero attached hydrogens (tertiary/aromatic N) is 2. The van der Waals surface area contributed by atoms with Crippen LogP contribution in [0, 0.1) is 0 Å². The Morgan fingerprint density at radius 1 is 1.12 bits per heavy atom. The maximum atomic E-state index is 12.4. The van der Waals surface area contributed by atoms with Crippen LogP contribution in [-0.2, 0) is 12.1 Å². The van der Waals surface area contributed by atoms with E-state index in [-0.39, 0.29) is 5.88 Å². The summed E-state index contributed by atoms with van der Waals surface area (Å²) in [4.78, 5) is 0. The van der Waals surface area contributed by atoms with Crippen molar-refractivity contribution in [1.82, 2.24) is 9.78 Å². The lowest BCUT2D eigenvalue weighted by atomic mass is 10.2. The van der Waals surface area contributed by atoms with Crippen molar-refractivity contribution in [1.29, 1.82) is 0 Å². The van der Waals surface area contributed by atoms with E-state index in [1.165, 1.54) is 16.8 Å². The Bertz CT molecular complexity index is 502. The van der Waals surface area contributed by atoms with E-state index < -0.39 is 11.7 Å². The maximum absolute atomic E-state index is 12.4. The van der Waals surface area contributed by atoms with Gasteiger partial charge < -0.3 is 0 Å². The molecule has 0 spiro atoms. The first kappa shape index (κ1) is 12.0. The molecular weight excluding hydrogens is 253 g/mol.